The highest BCUT2D eigenvalue weighted by Crippen LogP contribution is 2.28. The standard InChI is InChI=1S/C25H22N2O4S/c1-18-8-12-22(13-9-18)27(32(29,30)23-14-10-19(2)11-15-23)25(28)21(17-26)16-20-6-4-5-7-24(20)31-3/h4-16H,1-3H3/b21-16+. The van der Waals surface area contributed by atoms with Gasteiger partial charge in [0.1, 0.15) is 17.4 Å². The number of para-hydroxylation sites is 1. The first-order chi connectivity index (χ1) is 15.3. The molecule has 0 aliphatic rings. The van der Waals surface area contributed by atoms with Gasteiger partial charge < -0.3 is 4.74 Å². The molecule has 0 spiro atoms. The Kier molecular flexibility index (Phi) is 6.76. The number of anilines is 1. The average Bonchev–Trinajstić information content (AvgIpc) is 2.79. The fourth-order valence-electron chi connectivity index (χ4n) is 3.05. The summed E-state index contributed by atoms with van der Waals surface area (Å²) in [6.07, 6.45) is 1.33. The van der Waals surface area contributed by atoms with E-state index in [4.69, 9.17) is 4.74 Å². The largest absolute Gasteiger partial charge is 0.496 e. The molecule has 0 unspecified atom stereocenters. The first kappa shape index (κ1) is 22.8. The molecular formula is C25H22N2O4S. The molecule has 0 radical (unpaired) electrons. The van der Waals surface area contributed by atoms with Crippen molar-refractivity contribution in [3.63, 3.8) is 0 Å². The van der Waals surface area contributed by atoms with Gasteiger partial charge in [-0.05, 0) is 50.3 Å². The van der Waals surface area contributed by atoms with E-state index in [1.807, 2.05) is 19.9 Å². The van der Waals surface area contributed by atoms with Crippen LogP contribution in [-0.2, 0) is 14.8 Å². The summed E-state index contributed by atoms with van der Waals surface area (Å²) < 4.78 is 33.0. The molecule has 0 fully saturated rings. The number of nitrogens with zero attached hydrogens (tertiary/aromatic N) is 2. The maximum atomic E-state index is 13.5. The Bertz CT molecular complexity index is 1300. The van der Waals surface area contributed by atoms with Crippen LogP contribution >= 0.6 is 0 Å². The van der Waals surface area contributed by atoms with Crippen molar-refractivity contribution in [3.8, 4) is 11.8 Å². The topological polar surface area (TPSA) is 87.5 Å². The number of hydrogen-bond donors (Lipinski definition) is 0. The molecule has 0 N–H and O–H groups in total. The number of carbonyl (C=O) groups excluding carboxylic acids is 1. The Morgan fingerprint density at radius 3 is 2.06 bits per heavy atom. The normalized spacial score (nSPS) is 11.5. The van der Waals surface area contributed by atoms with E-state index >= 15 is 0 Å². The third-order valence-electron chi connectivity index (χ3n) is 4.80. The number of hydrogen-bond acceptors (Lipinski definition) is 5. The Morgan fingerprint density at radius 2 is 1.50 bits per heavy atom. The van der Waals surface area contributed by atoms with E-state index in [9.17, 15) is 18.5 Å². The van der Waals surface area contributed by atoms with Gasteiger partial charge in [-0.25, -0.2) is 8.42 Å². The number of carbonyl (C=O) groups is 1. The summed E-state index contributed by atoms with van der Waals surface area (Å²) in [5.74, 6) is -0.501. The van der Waals surface area contributed by atoms with Crippen molar-refractivity contribution < 1.29 is 17.9 Å². The lowest BCUT2D eigenvalue weighted by Crippen LogP contribution is -2.37. The van der Waals surface area contributed by atoms with Gasteiger partial charge in [0.2, 0.25) is 0 Å². The van der Waals surface area contributed by atoms with E-state index in [1.165, 1.54) is 37.5 Å². The smallest absolute Gasteiger partial charge is 0.282 e. The molecule has 0 atom stereocenters. The molecule has 32 heavy (non-hydrogen) atoms. The van der Waals surface area contributed by atoms with E-state index in [0.29, 0.717) is 15.6 Å². The molecule has 0 aliphatic heterocycles. The fourth-order valence-corrected chi connectivity index (χ4v) is 4.46. The lowest BCUT2D eigenvalue weighted by atomic mass is 10.1. The van der Waals surface area contributed by atoms with Gasteiger partial charge in [0.05, 0.1) is 17.7 Å². The molecule has 6 nitrogen and oxygen atoms in total. The van der Waals surface area contributed by atoms with Gasteiger partial charge in [-0.1, -0.05) is 53.6 Å². The number of amides is 1. The average molecular weight is 447 g/mol. The minimum Gasteiger partial charge on any atom is -0.496 e. The molecule has 0 heterocycles. The lowest BCUT2D eigenvalue weighted by Gasteiger charge is -2.22. The molecular weight excluding hydrogens is 424 g/mol. The van der Waals surface area contributed by atoms with E-state index in [1.54, 1.807) is 48.5 Å². The highest BCUT2D eigenvalue weighted by Gasteiger charge is 2.33. The monoisotopic (exact) mass is 446 g/mol. The molecule has 3 aromatic carbocycles. The summed E-state index contributed by atoms with van der Waals surface area (Å²) in [5, 5.41) is 9.73. The zero-order valence-electron chi connectivity index (χ0n) is 17.9. The molecule has 0 saturated heterocycles. The Hall–Kier alpha value is -3.89. The van der Waals surface area contributed by atoms with Crippen LogP contribution in [0.4, 0.5) is 5.69 Å². The van der Waals surface area contributed by atoms with Crippen molar-refractivity contribution >= 4 is 27.7 Å². The molecule has 7 heteroatoms. The number of methoxy groups -OCH3 is 1. The van der Waals surface area contributed by atoms with Gasteiger partial charge in [0.25, 0.3) is 15.9 Å². The quantitative estimate of drug-likeness (QED) is 0.407. The SMILES string of the molecule is COc1ccccc1/C=C(\C#N)C(=O)N(c1ccc(C)cc1)S(=O)(=O)c1ccc(C)cc1. The highest BCUT2D eigenvalue weighted by atomic mass is 32.2. The second-order valence-electron chi connectivity index (χ2n) is 7.13. The van der Waals surface area contributed by atoms with Crippen molar-refractivity contribution in [2.75, 3.05) is 11.4 Å². The Morgan fingerprint density at radius 1 is 0.938 bits per heavy atom. The number of benzene rings is 3. The zero-order chi connectivity index (χ0) is 23.3. The first-order valence-electron chi connectivity index (χ1n) is 9.75. The molecule has 1 amide bonds. The maximum Gasteiger partial charge on any atom is 0.282 e. The second-order valence-corrected chi connectivity index (χ2v) is 8.92. The molecule has 0 bridgehead atoms. The van der Waals surface area contributed by atoms with Crippen LogP contribution in [0.5, 0.6) is 5.75 Å². The zero-order valence-corrected chi connectivity index (χ0v) is 18.8. The van der Waals surface area contributed by atoms with Crippen molar-refractivity contribution in [3.05, 3.63) is 95.1 Å². The van der Waals surface area contributed by atoms with Gasteiger partial charge in [0.15, 0.2) is 0 Å². The van der Waals surface area contributed by atoms with Crippen molar-refractivity contribution in [1.82, 2.24) is 0 Å². The number of rotatable bonds is 6. The van der Waals surface area contributed by atoms with Crippen LogP contribution in [0, 0.1) is 25.2 Å². The van der Waals surface area contributed by atoms with Gasteiger partial charge in [-0.3, -0.25) is 4.79 Å². The van der Waals surface area contributed by atoms with Crippen LogP contribution < -0.4 is 9.04 Å². The van der Waals surface area contributed by atoms with E-state index < -0.39 is 15.9 Å². The van der Waals surface area contributed by atoms with Crippen LogP contribution in [0.15, 0.2) is 83.3 Å². The third kappa shape index (κ3) is 4.71. The van der Waals surface area contributed by atoms with Gasteiger partial charge in [-0.15, -0.1) is 0 Å². The summed E-state index contributed by atoms with van der Waals surface area (Å²) >= 11 is 0. The van der Waals surface area contributed by atoms with E-state index in [2.05, 4.69) is 0 Å². The Balaban J connectivity index is 2.17. The molecule has 0 aliphatic carbocycles. The summed E-state index contributed by atoms with van der Waals surface area (Å²) in [6.45, 7) is 3.69. The molecule has 3 rings (SSSR count). The third-order valence-corrected chi connectivity index (χ3v) is 6.53. The maximum absolute atomic E-state index is 13.5. The van der Waals surface area contributed by atoms with Crippen molar-refractivity contribution in [1.29, 1.82) is 5.26 Å². The Labute approximate surface area is 188 Å². The van der Waals surface area contributed by atoms with Crippen LogP contribution in [0.25, 0.3) is 6.08 Å². The highest BCUT2D eigenvalue weighted by molar-refractivity contribution is 7.93. The van der Waals surface area contributed by atoms with Gasteiger partial charge >= 0.3 is 0 Å². The lowest BCUT2D eigenvalue weighted by molar-refractivity contribution is -0.113. The fraction of sp³-hybridized carbons (Fsp3) is 0.120. The van der Waals surface area contributed by atoms with Crippen molar-refractivity contribution in [2.45, 2.75) is 18.7 Å². The van der Waals surface area contributed by atoms with Gasteiger partial charge in [0, 0.05) is 5.56 Å². The van der Waals surface area contributed by atoms with Crippen LogP contribution in [0.1, 0.15) is 16.7 Å². The molecule has 0 aromatic heterocycles. The molecule has 0 saturated carbocycles. The van der Waals surface area contributed by atoms with Crippen molar-refractivity contribution in [2.24, 2.45) is 0 Å². The summed E-state index contributed by atoms with van der Waals surface area (Å²) in [6, 6.07) is 21.4. The summed E-state index contributed by atoms with van der Waals surface area (Å²) in [4.78, 5) is 13.4. The van der Waals surface area contributed by atoms with Crippen LogP contribution in [0.2, 0.25) is 0 Å². The predicted octanol–water partition coefficient (Wildman–Crippen LogP) is 4.64. The first-order valence-corrected chi connectivity index (χ1v) is 11.2. The van der Waals surface area contributed by atoms with Crippen LogP contribution in [0.3, 0.4) is 0 Å². The number of nitriles is 1. The summed E-state index contributed by atoms with van der Waals surface area (Å²) in [5.41, 5.74) is 2.06. The molecule has 3 aromatic rings. The molecule has 162 valence electrons. The minimum atomic E-state index is -4.29. The number of sulfonamides is 1. The van der Waals surface area contributed by atoms with E-state index in [-0.39, 0.29) is 16.2 Å². The predicted molar refractivity (Wildman–Crippen MR) is 124 cm³/mol. The van der Waals surface area contributed by atoms with E-state index in [0.717, 1.165) is 11.1 Å². The minimum absolute atomic E-state index is 0.0494. The summed E-state index contributed by atoms with van der Waals surface area (Å²) in [7, 11) is -2.81. The number of aryl methyl sites for hydroxylation is 2. The van der Waals surface area contributed by atoms with Gasteiger partial charge in [-0.2, -0.15) is 9.57 Å². The number of ether oxygens (including phenoxy) is 1. The van der Waals surface area contributed by atoms with Crippen LogP contribution in [-0.4, -0.2) is 21.4 Å². The second kappa shape index (κ2) is 9.50.